The molecule has 0 bridgehead atoms. The fourth-order valence-electron chi connectivity index (χ4n) is 2.14. The standard InChI is InChI=1S/C14H22N2O/c1-16(10-14(15)12-5-6-12)9-11-3-7-13(17-2)8-4-11/h3-4,7-8,12,14H,5-6,9-10,15H2,1-2H3. The van der Waals surface area contributed by atoms with Gasteiger partial charge >= 0.3 is 0 Å². The van der Waals surface area contributed by atoms with Crippen LogP contribution in [0.25, 0.3) is 0 Å². The van der Waals surface area contributed by atoms with E-state index < -0.39 is 0 Å². The fraction of sp³-hybridized carbons (Fsp3) is 0.571. The summed E-state index contributed by atoms with van der Waals surface area (Å²) >= 11 is 0. The summed E-state index contributed by atoms with van der Waals surface area (Å²) in [6, 6.07) is 8.57. The van der Waals surface area contributed by atoms with Gasteiger partial charge in [0.1, 0.15) is 5.75 Å². The molecule has 2 N–H and O–H groups in total. The summed E-state index contributed by atoms with van der Waals surface area (Å²) in [5.74, 6) is 1.68. The lowest BCUT2D eigenvalue weighted by Gasteiger charge is -2.21. The first-order valence-corrected chi connectivity index (χ1v) is 6.26. The van der Waals surface area contributed by atoms with Crippen molar-refractivity contribution < 1.29 is 4.74 Å². The average Bonchev–Trinajstić information content (AvgIpc) is 3.13. The second-order valence-electron chi connectivity index (χ2n) is 5.05. The van der Waals surface area contributed by atoms with Crippen LogP contribution in [-0.4, -0.2) is 31.6 Å². The predicted octanol–water partition coefficient (Wildman–Crippen LogP) is 1.86. The van der Waals surface area contributed by atoms with Gasteiger partial charge in [-0.2, -0.15) is 0 Å². The lowest BCUT2D eigenvalue weighted by Crippen LogP contribution is -2.36. The Balaban J connectivity index is 1.81. The van der Waals surface area contributed by atoms with Gasteiger partial charge in [0.05, 0.1) is 7.11 Å². The average molecular weight is 234 g/mol. The number of rotatable bonds is 6. The summed E-state index contributed by atoms with van der Waals surface area (Å²) in [6.45, 7) is 1.93. The number of hydrogen-bond donors (Lipinski definition) is 1. The van der Waals surface area contributed by atoms with E-state index in [0.717, 1.165) is 24.8 Å². The molecule has 1 fully saturated rings. The predicted molar refractivity (Wildman–Crippen MR) is 70.0 cm³/mol. The van der Waals surface area contributed by atoms with Crippen LogP contribution in [-0.2, 0) is 6.54 Å². The molecule has 0 spiro atoms. The van der Waals surface area contributed by atoms with E-state index in [4.69, 9.17) is 10.5 Å². The first-order valence-electron chi connectivity index (χ1n) is 6.26. The number of nitrogens with zero attached hydrogens (tertiary/aromatic N) is 1. The minimum atomic E-state index is 0.346. The Bertz CT molecular complexity index is 346. The molecule has 1 unspecified atom stereocenters. The Labute approximate surface area is 104 Å². The van der Waals surface area contributed by atoms with Crippen LogP contribution in [0.4, 0.5) is 0 Å². The monoisotopic (exact) mass is 234 g/mol. The fourth-order valence-corrected chi connectivity index (χ4v) is 2.14. The van der Waals surface area contributed by atoms with Crippen LogP contribution < -0.4 is 10.5 Å². The molecule has 0 amide bonds. The van der Waals surface area contributed by atoms with Crippen molar-refractivity contribution in [3.63, 3.8) is 0 Å². The number of likely N-dealkylation sites (N-methyl/N-ethyl adjacent to an activating group) is 1. The van der Waals surface area contributed by atoms with Crippen molar-refractivity contribution in [3.8, 4) is 5.75 Å². The smallest absolute Gasteiger partial charge is 0.118 e. The van der Waals surface area contributed by atoms with E-state index in [1.165, 1.54) is 18.4 Å². The van der Waals surface area contributed by atoms with Crippen molar-refractivity contribution in [2.45, 2.75) is 25.4 Å². The van der Waals surface area contributed by atoms with E-state index in [-0.39, 0.29) is 0 Å². The van der Waals surface area contributed by atoms with Gasteiger partial charge in [0.25, 0.3) is 0 Å². The summed E-state index contributed by atoms with van der Waals surface area (Å²) in [5.41, 5.74) is 7.42. The van der Waals surface area contributed by atoms with Gasteiger partial charge in [0, 0.05) is 19.1 Å². The Morgan fingerprint density at radius 3 is 2.53 bits per heavy atom. The third-order valence-electron chi connectivity index (χ3n) is 3.36. The highest BCUT2D eigenvalue weighted by molar-refractivity contribution is 5.27. The van der Waals surface area contributed by atoms with E-state index in [0.29, 0.717) is 6.04 Å². The van der Waals surface area contributed by atoms with Crippen molar-refractivity contribution in [1.29, 1.82) is 0 Å². The normalized spacial score (nSPS) is 17.2. The molecule has 94 valence electrons. The third kappa shape index (κ3) is 3.72. The zero-order valence-electron chi connectivity index (χ0n) is 10.7. The molecular formula is C14H22N2O. The van der Waals surface area contributed by atoms with E-state index >= 15 is 0 Å². The molecule has 1 aromatic rings. The van der Waals surface area contributed by atoms with Crippen molar-refractivity contribution in [2.75, 3.05) is 20.7 Å². The van der Waals surface area contributed by atoms with E-state index in [1.807, 2.05) is 12.1 Å². The largest absolute Gasteiger partial charge is 0.497 e. The molecule has 1 aliphatic rings. The summed E-state index contributed by atoms with van der Waals surface area (Å²) in [4.78, 5) is 2.30. The number of methoxy groups -OCH3 is 1. The van der Waals surface area contributed by atoms with E-state index in [9.17, 15) is 0 Å². The lowest BCUT2D eigenvalue weighted by atomic mass is 10.1. The molecule has 17 heavy (non-hydrogen) atoms. The SMILES string of the molecule is COc1ccc(CN(C)CC(N)C2CC2)cc1. The molecule has 1 atom stereocenters. The van der Waals surface area contributed by atoms with Gasteiger partial charge < -0.3 is 15.4 Å². The minimum Gasteiger partial charge on any atom is -0.497 e. The van der Waals surface area contributed by atoms with Gasteiger partial charge in [-0.1, -0.05) is 12.1 Å². The van der Waals surface area contributed by atoms with Crippen LogP contribution in [0.1, 0.15) is 18.4 Å². The summed E-state index contributed by atoms with van der Waals surface area (Å²) in [6.07, 6.45) is 2.63. The zero-order chi connectivity index (χ0) is 12.3. The maximum absolute atomic E-state index is 6.12. The highest BCUT2D eigenvalue weighted by Gasteiger charge is 2.28. The molecule has 1 saturated carbocycles. The topological polar surface area (TPSA) is 38.5 Å². The number of nitrogens with two attached hydrogens (primary N) is 1. The second-order valence-corrected chi connectivity index (χ2v) is 5.05. The Morgan fingerprint density at radius 1 is 1.35 bits per heavy atom. The Morgan fingerprint density at radius 2 is 2.00 bits per heavy atom. The van der Waals surface area contributed by atoms with Crippen molar-refractivity contribution in [2.24, 2.45) is 11.7 Å². The minimum absolute atomic E-state index is 0.346. The van der Waals surface area contributed by atoms with Crippen LogP contribution in [0.5, 0.6) is 5.75 Å². The first kappa shape index (κ1) is 12.4. The molecule has 1 aromatic carbocycles. The molecule has 0 radical (unpaired) electrons. The van der Waals surface area contributed by atoms with Gasteiger partial charge in [0.2, 0.25) is 0 Å². The zero-order valence-corrected chi connectivity index (χ0v) is 10.7. The van der Waals surface area contributed by atoms with Crippen molar-refractivity contribution >= 4 is 0 Å². The van der Waals surface area contributed by atoms with Gasteiger partial charge in [-0.3, -0.25) is 0 Å². The third-order valence-corrected chi connectivity index (χ3v) is 3.36. The van der Waals surface area contributed by atoms with Crippen LogP contribution in [0, 0.1) is 5.92 Å². The van der Waals surface area contributed by atoms with Crippen molar-refractivity contribution in [1.82, 2.24) is 4.90 Å². The van der Waals surface area contributed by atoms with Gasteiger partial charge in [-0.05, 0) is 43.5 Å². The number of ether oxygens (including phenoxy) is 1. The Hall–Kier alpha value is -1.06. The molecule has 2 rings (SSSR count). The second kappa shape index (κ2) is 5.52. The molecule has 0 aliphatic heterocycles. The van der Waals surface area contributed by atoms with Crippen LogP contribution in [0.3, 0.4) is 0 Å². The molecule has 0 heterocycles. The van der Waals surface area contributed by atoms with Gasteiger partial charge in [0.15, 0.2) is 0 Å². The van der Waals surface area contributed by atoms with Crippen molar-refractivity contribution in [3.05, 3.63) is 29.8 Å². The molecule has 1 aliphatic carbocycles. The maximum atomic E-state index is 6.12. The molecule has 3 nitrogen and oxygen atoms in total. The van der Waals surface area contributed by atoms with E-state index in [1.54, 1.807) is 7.11 Å². The van der Waals surface area contributed by atoms with Gasteiger partial charge in [-0.25, -0.2) is 0 Å². The molecular weight excluding hydrogens is 212 g/mol. The summed E-state index contributed by atoms with van der Waals surface area (Å²) < 4.78 is 5.14. The lowest BCUT2D eigenvalue weighted by molar-refractivity contribution is 0.292. The van der Waals surface area contributed by atoms with Gasteiger partial charge in [-0.15, -0.1) is 0 Å². The maximum Gasteiger partial charge on any atom is 0.118 e. The molecule has 0 aromatic heterocycles. The molecule has 0 saturated heterocycles. The number of hydrogen-bond acceptors (Lipinski definition) is 3. The van der Waals surface area contributed by atoms with E-state index in [2.05, 4.69) is 24.1 Å². The van der Waals surface area contributed by atoms with Crippen LogP contribution in [0.2, 0.25) is 0 Å². The summed E-state index contributed by atoms with van der Waals surface area (Å²) in [5, 5.41) is 0. The highest BCUT2D eigenvalue weighted by atomic mass is 16.5. The first-order chi connectivity index (χ1) is 8.19. The van der Waals surface area contributed by atoms with Crippen LogP contribution >= 0.6 is 0 Å². The molecule has 3 heteroatoms. The van der Waals surface area contributed by atoms with Crippen LogP contribution in [0.15, 0.2) is 24.3 Å². The quantitative estimate of drug-likeness (QED) is 0.816. The summed E-state index contributed by atoms with van der Waals surface area (Å²) in [7, 11) is 3.82. The number of benzene rings is 1. The highest BCUT2D eigenvalue weighted by Crippen LogP contribution is 2.31. The Kier molecular flexibility index (Phi) is 4.02.